The van der Waals surface area contributed by atoms with Crippen molar-refractivity contribution >= 4 is 11.9 Å². The van der Waals surface area contributed by atoms with Crippen molar-refractivity contribution < 1.29 is 28.9 Å². The normalized spacial score (nSPS) is 11.4. The Morgan fingerprint density at radius 1 is 1.33 bits per heavy atom. The molecule has 1 N–H and O–H groups in total. The van der Waals surface area contributed by atoms with Gasteiger partial charge in [0.1, 0.15) is 0 Å². The van der Waals surface area contributed by atoms with Gasteiger partial charge in [0, 0.05) is 0 Å². The number of allylic oxidation sites excluding steroid dienone is 1. The Kier molecular flexibility index (Phi) is 6.42. The Morgan fingerprint density at radius 2 is 2.05 bits per heavy atom. The standard InChI is InChI=1S/C15H18O6/c1-4-5-10-6-7-12(13(8-10)19-2)21-14(17)9-11(16)15(18)20-3/h4,6-8,11,16H,1,5,9H2,2-3H3/t11-/m0/s1. The van der Waals surface area contributed by atoms with Crippen LogP contribution in [0.3, 0.4) is 0 Å². The molecule has 0 bridgehead atoms. The van der Waals surface area contributed by atoms with Crippen LogP contribution in [0.2, 0.25) is 0 Å². The summed E-state index contributed by atoms with van der Waals surface area (Å²) in [5.74, 6) is -1.05. The average molecular weight is 294 g/mol. The molecule has 1 aromatic rings. The summed E-state index contributed by atoms with van der Waals surface area (Å²) < 4.78 is 14.5. The summed E-state index contributed by atoms with van der Waals surface area (Å²) in [5, 5.41) is 9.39. The molecule has 0 unspecified atom stereocenters. The molecule has 0 saturated heterocycles. The zero-order valence-electron chi connectivity index (χ0n) is 12.0. The van der Waals surface area contributed by atoms with E-state index in [1.807, 2.05) is 0 Å². The van der Waals surface area contributed by atoms with Crippen molar-refractivity contribution in [1.82, 2.24) is 0 Å². The quantitative estimate of drug-likeness (QED) is 0.463. The number of hydrogen-bond acceptors (Lipinski definition) is 6. The number of esters is 2. The molecule has 6 nitrogen and oxygen atoms in total. The van der Waals surface area contributed by atoms with E-state index in [2.05, 4.69) is 11.3 Å². The van der Waals surface area contributed by atoms with Gasteiger partial charge in [0.15, 0.2) is 17.6 Å². The Morgan fingerprint density at radius 3 is 2.62 bits per heavy atom. The SMILES string of the molecule is C=CCc1ccc(OC(=O)C[C@H](O)C(=O)OC)c(OC)c1. The van der Waals surface area contributed by atoms with E-state index in [-0.39, 0.29) is 5.75 Å². The summed E-state index contributed by atoms with van der Waals surface area (Å²) in [6.45, 7) is 3.64. The highest BCUT2D eigenvalue weighted by molar-refractivity contribution is 5.82. The average Bonchev–Trinajstić information content (AvgIpc) is 2.47. The van der Waals surface area contributed by atoms with E-state index >= 15 is 0 Å². The lowest BCUT2D eigenvalue weighted by atomic mass is 10.1. The maximum atomic E-state index is 11.7. The third kappa shape index (κ3) is 4.92. The van der Waals surface area contributed by atoms with Crippen LogP contribution in [0.5, 0.6) is 11.5 Å². The molecule has 0 aromatic heterocycles. The van der Waals surface area contributed by atoms with Crippen LogP contribution in [-0.4, -0.2) is 37.4 Å². The van der Waals surface area contributed by atoms with Crippen molar-refractivity contribution in [3.05, 3.63) is 36.4 Å². The Labute approximate surface area is 122 Å². The van der Waals surface area contributed by atoms with E-state index < -0.39 is 24.5 Å². The van der Waals surface area contributed by atoms with Gasteiger partial charge in [-0.3, -0.25) is 4.79 Å². The Balaban J connectivity index is 2.75. The van der Waals surface area contributed by atoms with E-state index in [0.717, 1.165) is 12.7 Å². The van der Waals surface area contributed by atoms with Crippen LogP contribution in [0.4, 0.5) is 0 Å². The maximum Gasteiger partial charge on any atom is 0.335 e. The number of carbonyl (C=O) groups is 2. The molecule has 0 amide bonds. The molecule has 0 saturated carbocycles. The number of aliphatic hydroxyl groups excluding tert-OH is 1. The Hall–Kier alpha value is -2.34. The van der Waals surface area contributed by atoms with Gasteiger partial charge in [0.05, 0.1) is 20.6 Å². The summed E-state index contributed by atoms with van der Waals surface area (Å²) in [5.41, 5.74) is 0.955. The first-order chi connectivity index (χ1) is 10.0. The second-order valence-electron chi connectivity index (χ2n) is 4.20. The second-order valence-corrected chi connectivity index (χ2v) is 4.20. The Bertz CT molecular complexity index is 523. The van der Waals surface area contributed by atoms with E-state index in [9.17, 15) is 14.7 Å². The lowest BCUT2D eigenvalue weighted by Crippen LogP contribution is -2.27. The third-order valence-electron chi connectivity index (χ3n) is 2.67. The fourth-order valence-electron chi connectivity index (χ4n) is 1.63. The van der Waals surface area contributed by atoms with Gasteiger partial charge in [-0.25, -0.2) is 4.79 Å². The summed E-state index contributed by atoms with van der Waals surface area (Å²) in [7, 11) is 2.58. The molecule has 114 valence electrons. The molecule has 6 heteroatoms. The maximum absolute atomic E-state index is 11.7. The van der Waals surface area contributed by atoms with Crippen LogP contribution in [0, 0.1) is 0 Å². The number of benzene rings is 1. The van der Waals surface area contributed by atoms with E-state index in [1.54, 1.807) is 24.3 Å². The van der Waals surface area contributed by atoms with Crippen molar-refractivity contribution in [2.24, 2.45) is 0 Å². The fraction of sp³-hybridized carbons (Fsp3) is 0.333. The van der Waals surface area contributed by atoms with E-state index in [0.29, 0.717) is 12.2 Å². The molecule has 0 heterocycles. The van der Waals surface area contributed by atoms with Crippen molar-refractivity contribution in [3.8, 4) is 11.5 Å². The van der Waals surface area contributed by atoms with Crippen molar-refractivity contribution in [2.45, 2.75) is 18.9 Å². The monoisotopic (exact) mass is 294 g/mol. The lowest BCUT2D eigenvalue weighted by Gasteiger charge is -2.12. The number of aliphatic hydroxyl groups is 1. The predicted molar refractivity (Wildman–Crippen MR) is 75.2 cm³/mol. The molecule has 0 radical (unpaired) electrons. The summed E-state index contributed by atoms with van der Waals surface area (Å²) in [6, 6.07) is 5.07. The van der Waals surface area contributed by atoms with Gasteiger partial charge in [-0.2, -0.15) is 0 Å². The fourth-order valence-corrected chi connectivity index (χ4v) is 1.63. The molecule has 1 aromatic carbocycles. The van der Waals surface area contributed by atoms with Gasteiger partial charge in [-0.15, -0.1) is 6.58 Å². The van der Waals surface area contributed by atoms with Gasteiger partial charge in [-0.1, -0.05) is 12.1 Å². The van der Waals surface area contributed by atoms with Crippen LogP contribution in [0.25, 0.3) is 0 Å². The summed E-state index contributed by atoms with van der Waals surface area (Å²) in [4.78, 5) is 22.7. The van der Waals surface area contributed by atoms with Crippen LogP contribution in [-0.2, 0) is 20.7 Å². The van der Waals surface area contributed by atoms with Crippen molar-refractivity contribution in [1.29, 1.82) is 0 Å². The first-order valence-electron chi connectivity index (χ1n) is 6.26. The highest BCUT2D eigenvalue weighted by atomic mass is 16.6. The number of rotatable bonds is 7. The van der Waals surface area contributed by atoms with Crippen LogP contribution >= 0.6 is 0 Å². The molecule has 0 aliphatic carbocycles. The molecule has 0 spiro atoms. The molecular formula is C15H18O6. The number of methoxy groups -OCH3 is 2. The lowest BCUT2D eigenvalue weighted by molar-refractivity contribution is -0.154. The highest BCUT2D eigenvalue weighted by Gasteiger charge is 2.21. The highest BCUT2D eigenvalue weighted by Crippen LogP contribution is 2.28. The first kappa shape index (κ1) is 16.7. The minimum Gasteiger partial charge on any atom is -0.493 e. The molecule has 21 heavy (non-hydrogen) atoms. The van der Waals surface area contributed by atoms with E-state index in [4.69, 9.17) is 9.47 Å². The van der Waals surface area contributed by atoms with Crippen LogP contribution < -0.4 is 9.47 Å². The minimum atomic E-state index is -1.55. The van der Waals surface area contributed by atoms with Crippen LogP contribution in [0.15, 0.2) is 30.9 Å². The summed E-state index contributed by atoms with van der Waals surface area (Å²) in [6.07, 6.45) is 0.358. The number of hydrogen-bond donors (Lipinski definition) is 1. The van der Waals surface area contributed by atoms with Gasteiger partial charge >= 0.3 is 11.9 Å². The minimum absolute atomic E-state index is 0.215. The van der Waals surface area contributed by atoms with E-state index in [1.165, 1.54) is 7.11 Å². The molecule has 0 aliphatic rings. The number of ether oxygens (including phenoxy) is 3. The van der Waals surface area contributed by atoms with Gasteiger partial charge in [0.2, 0.25) is 0 Å². The molecule has 0 fully saturated rings. The van der Waals surface area contributed by atoms with Gasteiger partial charge in [0.25, 0.3) is 0 Å². The second kappa shape index (κ2) is 8.06. The molecule has 1 atom stereocenters. The molecule has 1 rings (SSSR count). The van der Waals surface area contributed by atoms with Crippen LogP contribution in [0.1, 0.15) is 12.0 Å². The largest absolute Gasteiger partial charge is 0.493 e. The first-order valence-corrected chi connectivity index (χ1v) is 6.26. The predicted octanol–water partition coefficient (Wildman–Crippen LogP) is 1.25. The third-order valence-corrected chi connectivity index (χ3v) is 2.67. The topological polar surface area (TPSA) is 82.1 Å². The van der Waals surface area contributed by atoms with Gasteiger partial charge in [-0.05, 0) is 24.1 Å². The zero-order chi connectivity index (χ0) is 15.8. The van der Waals surface area contributed by atoms with Gasteiger partial charge < -0.3 is 19.3 Å². The summed E-state index contributed by atoms with van der Waals surface area (Å²) >= 11 is 0. The molecular weight excluding hydrogens is 276 g/mol. The smallest absolute Gasteiger partial charge is 0.335 e. The van der Waals surface area contributed by atoms with Crippen molar-refractivity contribution in [2.75, 3.05) is 14.2 Å². The van der Waals surface area contributed by atoms with Crippen molar-refractivity contribution in [3.63, 3.8) is 0 Å². The molecule has 0 aliphatic heterocycles. The number of carbonyl (C=O) groups excluding carboxylic acids is 2. The zero-order valence-corrected chi connectivity index (χ0v) is 12.0.